The third-order valence-corrected chi connectivity index (χ3v) is 4.21. The van der Waals surface area contributed by atoms with E-state index in [1.165, 1.54) is 4.57 Å². The molecule has 0 aromatic carbocycles. The van der Waals surface area contributed by atoms with Crippen molar-refractivity contribution in [2.24, 2.45) is 0 Å². The van der Waals surface area contributed by atoms with Crippen LogP contribution in [0.15, 0.2) is 4.79 Å². The number of aliphatic hydroxyl groups excluding tert-OH is 2. The molecule has 2 aromatic heterocycles. The molecule has 0 radical (unpaired) electrons. The SMILES string of the molecule is Nc1nc2c(nc(N)n2[C@@H]2O[C@H](CI)[C@@H](O)[C@H]2O)c(=O)[nH]1. The molecule has 0 spiro atoms. The molecule has 7 N–H and O–H groups in total. The normalized spacial score (nSPS) is 29.3. The largest absolute Gasteiger partial charge is 0.387 e. The standard InChI is InChI=1S/C10H13IN6O4/c11-1-2-4(18)5(19)8(21-2)17-6-3(14-10(17)13)7(20)16-9(12)15-6/h2,4-5,8,18-19H,1H2,(H2,13,14)(H3,12,15,16,20)/t2-,4-,5-,8-/m1/s1. The maximum atomic E-state index is 11.8. The molecule has 2 aromatic rings. The number of nitrogens with zero attached hydrogens (tertiary/aromatic N) is 3. The number of aromatic amines is 1. The minimum absolute atomic E-state index is 0.00934. The summed E-state index contributed by atoms with van der Waals surface area (Å²) in [6.45, 7) is 0. The number of aliphatic hydroxyl groups is 2. The maximum Gasteiger partial charge on any atom is 0.280 e. The average molecular weight is 408 g/mol. The van der Waals surface area contributed by atoms with Gasteiger partial charge in [-0.2, -0.15) is 4.98 Å². The summed E-state index contributed by atoms with van der Waals surface area (Å²) < 4.78 is 7.34. The van der Waals surface area contributed by atoms with Crippen LogP contribution in [0.3, 0.4) is 0 Å². The van der Waals surface area contributed by atoms with Gasteiger partial charge in [0.25, 0.3) is 5.56 Å². The highest BCUT2D eigenvalue weighted by Gasteiger charge is 2.44. The van der Waals surface area contributed by atoms with Gasteiger partial charge in [-0.25, -0.2) is 4.98 Å². The van der Waals surface area contributed by atoms with Gasteiger partial charge in [-0.1, -0.05) is 22.6 Å². The zero-order valence-electron chi connectivity index (χ0n) is 10.6. The minimum atomic E-state index is -1.22. The van der Waals surface area contributed by atoms with Gasteiger partial charge in [-0.05, 0) is 0 Å². The van der Waals surface area contributed by atoms with Crippen molar-refractivity contribution in [2.45, 2.75) is 24.5 Å². The molecule has 114 valence electrons. The number of nitrogens with two attached hydrogens (primary N) is 2. The fourth-order valence-electron chi connectivity index (χ4n) is 2.34. The van der Waals surface area contributed by atoms with Gasteiger partial charge in [0, 0.05) is 4.43 Å². The van der Waals surface area contributed by atoms with Crippen LogP contribution >= 0.6 is 22.6 Å². The van der Waals surface area contributed by atoms with E-state index in [1.807, 2.05) is 22.6 Å². The Morgan fingerprint density at radius 1 is 1.33 bits per heavy atom. The van der Waals surface area contributed by atoms with Crippen LogP contribution in [0, 0.1) is 0 Å². The molecule has 1 aliphatic rings. The highest BCUT2D eigenvalue weighted by Crippen LogP contribution is 2.33. The lowest BCUT2D eigenvalue weighted by atomic mass is 10.1. The average Bonchev–Trinajstić information content (AvgIpc) is 2.89. The number of hydrogen-bond acceptors (Lipinski definition) is 8. The number of nitrogen functional groups attached to an aromatic ring is 2. The minimum Gasteiger partial charge on any atom is -0.387 e. The number of anilines is 2. The van der Waals surface area contributed by atoms with Gasteiger partial charge >= 0.3 is 0 Å². The van der Waals surface area contributed by atoms with Crippen molar-refractivity contribution >= 4 is 45.7 Å². The molecular weight excluding hydrogens is 395 g/mol. The highest BCUT2D eigenvalue weighted by molar-refractivity contribution is 14.1. The summed E-state index contributed by atoms with van der Waals surface area (Å²) in [5, 5.41) is 20.1. The first kappa shape index (κ1) is 14.5. The van der Waals surface area contributed by atoms with E-state index in [1.54, 1.807) is 0 Å². The summed E-state index contributed by atoms with van der Waals surface area (Å²) in [5.74, 6) is -0.161. The van der Waals surface area contributed by atoms with E-state index in [-0.39, 0.29) is 23.1 Å². The van der Waals surface area contributed by atoms with E-state index in [9.17, 15) is 15.0 Å². The third-order valence-electron chi connectivity index (χ3n) is 3.34. The van der Waals surface area contributed by atoms with Crippen molar-refractivity contribution in [1.29, 1.82) is 0 Å². The van der Waals surface area contributed by atoms with Crippen LogP contribution < -0.4 is 17.0 Å². The molecule has 0 saturated carbocycles. The molecule has 21 heavy (non-hydrogen) atoms. The van der Waals surface area contributed by atoms with E-state index >= 15 is 0 Å². The van der Waals surface area contributed by atoms with Gasteiger partial charge in [-0.15, -0.1) is 0 Å². The molecule has 0 amide bonds. The molecule has 0 aliphatic carbocycles. The van der Waals surface area contributed by atoms with Crippen LogP contribution in [0.4, 0.5) is 11.9 Å². The summed E-state index contributed by atoms with van der Waals surface area (Å²) in [6, 6.07) is 0. The number of imidazole rings is 1. The lowest BCUT2D eigenvalue weighted by Crippen LogP contribution is -2.32. The number of nitrogens with one attached hydrogen (secondary N) is 1. The van der Waals surface area contributed by atoms with Gasteiger partial charge in [0.05, 0.1) is 6.10 Å². The molecule has 4 atom stereocenters. The monoisotopic (exact) mass is 408 g/mol. The van der Waals surface area contributed by atoms with Crippen molar-refractivity contribution in [3.05, 3.63) is 10.4 Å². The lowest BCUT2D eigenvalue weighted by Gasteiger charge is -2.17. The van der Waals surface area contributed by atoms with Crippen LogP contribution in [0.2, 0.25) is 0 Å². The molecular formula is C10H13IN6O4. The van der Waals surface area contributed by atoms with Crippen molar-refractivity contribution < 1.29 is 14.9 Å². The zero-order chi connectivity index (χ0) is 15.3. The van der Waals surface area contributed by atoms with Gasteiger partial charge < -0.3 is 26.4 Å². The number of halogens is 1. The second-order valence-corrected chi connectivity index (χ2v) is 5.54. The van der Waals surface area contributed by atoms with Crippen LogP contribution in [0.25, 0.3) is 11.2 Å². The summed E-state index contributed by atoms with van der Waals surface area (Å²) in [7, 11) is 0. The molecule has 11 heteroatoms. The topological polar surface area (TPSA) is 165 Å². The predicted octanol–water partition coefficient (Wildman–Crippen LogP) is -1.66. The Balaban J connectivity index is 2.17. The highest BCUT2D eigenvalue weighted by atomic mass is 127. The second kappa shape index (κ2) is 5.08. The Morgan fingerprint density at radius 2 is 2.05 bits per heavy atom. The number of fused-ring (bicyclic) bond motifs is 1. The predicted molar refractivity (Wildman–Crippen MR) is 81.8 cm³/mol. The molecule has 1 saturated heterocycles. The fourth-order valence-corrected chi connectivity index (χ4v) is 3.07. The number of hydrogen-bond donors (Lipinski definition) is 5. The van der Waals surface area contributed by atoms with Crippen molar-refractivity contribution in [3.8, 4) is 0 Å². The van der Waals surface area contributed by atoms with Crippen LogP contribution in [-0.2, 0) is 4.74 Å². The van der Waals surface area contributed by atoms with Gasteiger partial charge in [0.15, 0.2) is 17.4 Å². The van der Waals surface area contributed by atoms with Crippen LogP contribution in [0.5, 0.6) is 0 Å². The molecule has 0 bridgehead atoms. The third kappa shape index (κ3) is 2.16. The van der Waals surface area contributed by atoms with E-state index in [4.69, 9.17) is 16.2 Å². The molecule has 10 nitrogen and oxygen atoms in total. The van der Waals surface area contributed by atoms with Gasteiger partial charge in [-0.3, -0.25) is 14.3 Å². The van der Waals surface area contributed by atoms with Gasteiger partial charge in [0.2, 0.25) is 11.9 Å². The van der Waals surface area contributed by atoms with Crippen molar-refractivity contribution in [3.63, 3.8) is 0 Å². The molecule has 1 aliphatic heterocycles. The molecule has 3 heterocycles. The summed E-state index contributed by atoms with van der Waals surface area (Å²) in [5.41, 5.74) is 10.9. The Labute approximate surface area is 131 Å². The van der Waals surface area contributed by atoms with E-state index in [0.717, 1.165) is 0 Å². The quantitative estimate of drug-likeness (QED) is 0.291. The first-order valence-electron chi connectivity index (χ1n) is 6.04. The molecule has 1 fully saturated rings. The van der Waals surface area contributed by atoms with Crippen molar-refractivity contribution in [1.82, 2.24) is 19.5 Å². The lowest BCUT2D eigenvalue weighted by molar-refractivity contribution is -0.0269. The summed E-state index contributed by atoms with van der Waals surface area (Å²) in [4.78, 5) is 22.0. The Hall–Kier alpha value is -1.44. The van der Waals surface area contributed by atoms with E-state index in [2.05, 4.69) is 15.0 Å². The first-order chi connectivity index (χ1) is 9.93. The van der Waals surface area contributed by atoms with Gasteiger partial charge in [0.1, 0.15) is 12.2 Å². The Bertz CT molecular complexity index is 745. The second-order valence-electron chi connectivity index (χ2n) is 4.66. The van der Waals surface area contributed by atoms with Crippen molar-refractivity contribution in [2.75, 3.05) is 15.9 Å². The number of alkyl halides is 1. The van der Waals surface area contributed by atoms with Crippen LogP contribution in [-0.4, -0.2) is 52.5 Å². The number of aromatic nitrogens is 4. The number of H-pyrrole nitrogens is 1. The zero-order valence-corrected chi connectivity index (χ0v) is 12.8. The summed E-state index contributed by atoms with van der Waals surface area (Å²) in [6.07, 6.45) is -3.82. The first-order valence-corrected chi connectivity index (χ1v) is 7.57. The fraction of sp³-hybridized carbons (Fsp3) is 0.500. The molecule has 3 rings (SSSR count). The van der Waals surface area contributed by atoms with E-state index < -0.39 is 30.1 Å². The number of rotatable bonds is 2. The molecule has 0 unspecified atom stereocenters. The Morgan fingerprint density at radius 3 is 2.67 bits per heavy atom. The van der Waals surface area contributed by atoms with Crippen LogP contribution in [0.1, 0.15) is 6.23 Å². The summed E-state index contributed by atoms with van der Waals surface area (Å²) >= 11 is 2.04. The number of ether oxygens (including phenoxy) is 1. The smallest absolute Gasteiger partial charge is 0.280 e. The maximum absolute atomic E-state index is 11.8. The Kier molecular flexibility index (Phi) is 3.51. The van der Waals surface area contributed by atoms with E-state index in [0.29, 0.717) is 4.43 Å².